The summed E-state index contributed by atoms with van der Waals surface area (Å²) < 4.78 is 5.34. The molecule has 1 atom stereocenters. The number of benzene rings is 1. The van der Waals surface area contributed by atoms with Crippen LogP contribution in [0.1, 0.15) is 11.1 Å². The molecule has 0 bridgehead atoms. The van der Waals surface area contributed by atoms with Crippen molar-refractivity contribution in [3.05, 3.63) is 41.6 Å². The number of carbonyl (C=O) groups is 1. The van der Waals surface area contributed by atoms with Gasteiger partial charge in [0, 0.05) is 18.9 Å². The molecule has 0 fully saturated rings. The number of fused-ring (bicyclic) bond motifs is 1. The smallest absolute Gasteiger partial charge is 0.247 e. The highest BCUT2D eigenvalue weighted by molar-refractivity contribution is 5.72. The number of hydroxylamine groups is 2. The van der Waals surface area contributed by atoms with Crippen LogP contribution in [0.4, 0.5) is 0 Å². The van der Waals surface area contributed by atoms with Gasteiger partial charge in [-0.3, -0.25) is 9.63 Å². The molecule has 0 N–H and O–H groups in total. The molecule has 1 aromatic carbocycles. The third kappa shape index (κ3) is 1.35. The van der Waals surface area contributed by atoms with Crippen molar-refractivity contribution in [1.29, 1.82) is 0 Å². The molecular formula is C12H13NO3. The molecule has 4 heteroatoms. The number of methoxy groups -OCH3 is 1. The fraction of sp³-hybridized carbons (Fsp3) is 0.250. The van der Waals surface area contributed by atoms with E-state index in [4.69, 9.17) is 9.57 Å². The largest absolute Gasteiger partial charge is 0.347 e. The summed E-state index contributed by atoms with van der Waals surface area (Å²) in [6.45, 7) is 0. The fourth-order valence-corrected chi connectivity index (χ4v) is 1.91. The molecular weight excluding hydrogens is 206 g/mol. The molecule has 84 valence electrons. The van der Waals surface area contributed by atoms with Crippen molar-refractivity contribution >= 4 is 12.4 Å². The van der Waals surface area contributed by atoms with Gasteiger partial charge in [-0.15, -0.1) is 0 Å². The van der Waals surface area contributed by atoms with Crippen molar-refractivity contribution in [3.8, 4) is 0 Å². The van der Waals surface area contributed by atoms with Crippen LogP contribution in [0.5, 0.6) is 0 Å². The van der Waals surface area contributed by atoms with Gasteiger partial charge in [0.15, 0.2) is 6.29 Å². The predicted molar refractivity (Wildman–Crippen MR) is 59.1 cm³/mol. The maximum absolute atomic E-state index is 11.4. The van der Waals surface area contributed by atoms with Crippen LogP contribution in [-0.2, 0) is 20.1 Å². The van der Waals surface area contributed by atoms with E-state index < -0.39 is 5.72 Å². The van der Waals surface area contributed by atoms with Crippen molar-refractivity contribution in [2.75, 3.05) is 14.2 Å². The lowest BCUT2D eigenvalue weighted by atomic mass is 9.95. The van der Waals surface area contributed by atoms with Gasteiger partial charge in [0.2, 0.25) is 5.72 Å². The van der Waals surface area contributed by atoms with Crippen molar-refractivity contribution < 1.29 is 14.4 Å². The van der Waals surface area contributed by atoms with Gasteiger partial charge in [0.1, 0.15) is 0 Å². The number of ether oxygens (including phenoxy) is 1. The highest BCUT2D eigenvalue weighted by atomic mass is 16.7. The minimum Gasteiger partial charge on any atom is -0.347 e. The SMILES string of the molecule is CON1C=Cc2ccccc2C1(C=O)OC. The third-order valence-electron chi connectivity index (χ3n) is 2.73. The predicted octanol–water partition coefficient (Wildman–Crippen LogP) is 1.53. The monoisotopic (exact) mass is 219 g/mol. The van der Waals surface area contributed by atoms with E-state index in [1.54, 1.807) is 6.20 Å². The van der Waals surface area contributed by atoms with Gasteiger partial charge in [0.25, 0.3) is 0 Å². The second-order valence-corrected chi connectivity index (χ2v) is 3.43. The molecule has 0 aliphatic carbocycles. The minimum absolute atomic E-state index is 0.735. The van der Waals surface area contributed by atoms with E-state index >= 15 is 0 Å². The topological polar surface area (TPSA) is 38.8 Å². The van der Waals surface area contributed by atoms with Crippen molar-refractivity contribution in [2.24, 2.45) is 0 Å². The van der Waals surface area contributed by atoms with Crippen molar-refractivity contribution in [2.45, 2.75) is 5.72 Å². The lowest BCUT2D eigenvalue weighted by Crippen LogP contribution is -2.47. The third-order valence-corrected chi connectivity index (χ3v) is 2.73. The summed E-state index contributed by atoms with van der Waals surface area (Å²) in [6, 6.07) is 7.55. The Balaban J connectivity index is 2.62. The Morgan fingerprint density at radius 2 is 2.06 bits per heavy atom. The molecule has 4 nitrogen and oxygen atoms in total. The van der Waals surface area contributed by atoms with E-state index in [-0.39, 0.29) is 0 Å². The summed E-state index contributed by atoms with van der Waals surface area (Å²) in [6.07, 6.45) is 4.29. The Morgan fingerprint density at radius 1 is 1.31 bits per heavy atom. The highest BCUT2D eigenvalue weighted by Crippen LogP contribution is 2.34. The summed E-state index contributed by atoms with van der Waals surface area (Å²) in [5.41, 5.74) is 0.529. The van der Waals surface area contributed by atoms with Crippen LogP contribution in [0.25, 0.3) is 6.08 Å². The highest BCUT2D eigenvalue weighted by Gasteiger charge is 2.41. The van der Waals surface area contributed by atoms with Gasteiger partial charge in [0.05, 0.1) is 7.11 Å². The molecule has 0 spiro atoms. The van der Waals surface area contributed by atoms with E-state index in [1.165, 1.54) is 19.3 Å². The maximum atomic E-state index is 11.4. The number of nitrogens with zero attached hydrogens (tertiary/aromatic N) is 1. The van der Waals surface area contributed by atoms with Crippen LogP contribution < -0.4 is 0 Å². The second kappa shape index (κ2) is 4.08. The Morgan fingerprint density at radius 3 is 2.69 bits per heavy atom. The van der Waals surface area contributed by atoms with E-state index in [1.807, 2.05) is 30.3 Å². The Labute approximate surface area is 94.0 Å². The molecule has 0 saturated carbocycles. The van der Waals surface area contributed by atoms with Crippen LogP contribution in [0.2, 0.25) is 0 Å². The summed E-state index contributed by atoms with van der Waals surface area (Å²) in [7, 11) is 2.98. The average molecular weight is 219 g/mol. The average Bonchev–Trinajstić information content (AvgIpc) is 2.37. The van der Waals surface area contributed by atoms with Crippen LogP contribution in [-0.4, -0.2) is 25.6 Å². The normalized spacial score (nSPS) is 23.0. The Bertz CT molecular complexity index is 430. The minimum atomic E-state index is -1.19. The number of hydrogen-bond acceptors (Lipinski definition) is 4. The molecule has 0 radical (unpaired) electrons. The number of carbonyl (C=O) groups excluding carboxylic acids is 1. The van der Waals surface area contributed by atoms with Gasteiger partial charge >= 0.3 is 0 Å². The van der Waals surface area contributed by atoms with Crippen LogP contribution in [0.3, 0.4) is 0 Å². The van der Waals surface area contributed by atoms with Gasteiger partial charge in [-0.05, 0) is 11.6 Å². The standard InChI is InChI=1S/C12H13NO3/c1-15-12(9-14)11-6-4-3-5-10(11)7-8-13(12)16-2/h3-9H,1-2H3. The summed E-state index contributed by atoms with van der Waals surface area (Å²) >= 11 is 0. The van der Waals surface area contributed by atoms with Crippen LogP contribution in [0, 0.1) is 0 Å². The van der Waals surface area contributed by atoms with Crippen LogP contribution >= 0.6 is 0 Å². The molecule has 0 aromatic heterocycles. The Hall–Kier alpha value is -1.65. The second-order valence-electron chi connectivity index (χ2n) is 3.43. The molecule has 1 aliphatic rings. The van der Waals surface area contributed by atoms with Gasteiger partial charge in [-0.25, -0.2) is 5.06 Å². The zero-order chi connectivity index (χ0) is 11.6. The zero-order valence-corrected chi connectivity index (χ0v) is 9.21. The summed E-state index contributed by atoms with van der Waals surface area (Å²) in [5.74, 6) is 0. The molecule has 16 heavy (non-hydrogen) atoms. The number of aldehydes is 1. The first-order valence-electron chi connectivity index (χ1n) is 4.91. The maximum Gasteiger partial charge on any atom is 0.247 e. The molecule has 0 saturated heterocycles. The van der Waals surface area contributed by atoms with Gasteiger partial charge < -0.3 is 4.74 Å². The summed E-state index contributed by atoms with van der Waals surface area (Å²) in [5, 5.41) is 1.39. The molecule has 2 rings (SSSR count). The van der Waals surface area contributed by atoms with Gasteiger partial charge in [-0.1, -0.05) is 24.3 Å². The Kier molecular flexibility index (Phi) is 2.77. The number of rotatable bonds is 3. The van der Waals surface area contributed by atoms with Crippen LogP contribution in [0.15, 0.2) is 30.5 Å². The molecule has 0 amide bonds. The summed E-state index contributed by atoms with van der Waals surface area (Å²) in [4.78, 5) is 16.5. The first kappa shape index (κ1) is 10.9. The van der Waals surface area contributed by atoms with E-state index in [0.717, 1.165) is 17.4 Å². The fourth-order valence-electron chi connectivity index (χ4n) is 1.91. The number of hydrogen-bond donors (Lipinski definition) is 0. The molecule has 1 unspecified atom stereocenters. The van der Waals surface area contributed by atoms with Crippen molar-refractivity contribution in [1.82, 2.24) is 5.06 Å². The molecule has 1 aliphatic heterocycles. The van der Waals surface area contributed by atoms with E-state index in [9.17, 15) is 4.79 Å². The first-order chi connectivity index (χ1) is 7.78. The van der Waals surface area contributed by atoms with E-state index in [2.05, 4.69) is 0 Å². The zero-order valence-electron chi connectivity index (χ0n) is 9.21. The first-order valence-corrected chi connectivity index (χ1v) is 4.91. The van der Waals surface area contributed by atoms with Gasteiger partial charge in [-0.2, -0.15) is 0 Å². The lowest BCUT2D eigenvalue weighted by molar-refractivity contribution is -0.250. The van der Waals surface area contributed by atoms with E-state index in [0.29, 0.717) is 0 Å². The molecule has 1 aromatic rings. The lowest BCUT2D eigenvalue weighted by Gasteiger charge is -2.39. The molecule has 1 heterocycles. The van der Waals surface area contributed by atoms with Crippen molar-refractivity contribution in [3.63, 3.8) is 0 Å². The quantitative estimate of drug-likeness (QED) is 0.723.